The quantitative estimate of drug-likeness (QED) is 0.815. The molecule has 96 valence electrons. The molecule has 5 heteroatoms. The van der Waals surface area contributed by atoms with Crippen molar-refractivity contribution in [2.24, 2.45) is 5.41 Å². The summed E-state index contributed by atoms with van der Waals surface area (Å²) in [5, 5.41) is 15.8. The molecule has 0 spiro atoms. The topological polar surface area (TPSA) is 78.9 Å². The van der Waals surface area contributed by atoms with Crippen LogP contribution in [-0.4, -0.2) is 11.1 Å². The number of nitriles is 1. The van der Waals surface area contributed by atoms with Crippen molar-refractivity contribution in [2.75, 3.05) is 5.32 Å². The maximum Gasteiger partial charge on any atom is 0.246 e. The number of hydrogen-bond donors (Lipinski definition) is 1. The number of carbonyl (C=O) groups is 1. The largest absolute Gasteiger partial charge is 0.360 e. The maximum absolute atomic E-state index is 12.3. The van der Waals surface area contributed by atoms with Gasteiger partial charge in [0, 0.05) is 6.07 Å². The van der Waals surface area contributed by atoms with Gasteiger partial charge in [-0.25, -0.2) is 0 Å². The van der Waals surface area contributed by atoms with Crippen molar-refractivity contribution in [3.8, 4) is 6.07 Å². The monoisotopic (exact) mass is 247 g/mol. The van der Waals surface area contributed by atoms with Gasteiger partial charge in [0.15, 0.2) is 5.82 Å². The molecule has 1 aromatic rings. The van der Waals surface area contributed by atoms with Gasteiger partial charge in [0.25, 0.3) is 0 Å². The van der Waals surface area contributed by atoms with Crippen molar-refractivity contribution >= 4 is 11.7 Å². The summed E-state index contributed by atoms with van der Waals surface area (Å²) >= 11 is 0. The number of aryl methyl sites for hydroxylation is 1. The van der Waals surface area contributed by atoms with Gasteiger partial charge in [-0.15, -0.1) is 0 Å². The van der Waals surface area contributed by atoms with Gasteiger partial charge >= 0.3 is 0 Å². The number of anilines is 1. The zero-order valence-electron chi connectivity index (χ0n) is 10.5. The number of aromatic nitrogens is 1. The molecule has 1 amide bonds. The highest BCUT2D eigenvalue weighted by molar-refractivity contribution is 5.96. The minimum atomic E-state index is -0.899. The van der Waals surface area contributed by atoms with Crippen molar-refractivity contribution in [1.29, 1.82) is 5.26 Å². The number of hydrogen-bond acceptors (Lipinski definition) is 4. The molecular weight excluding hydrogens is 230 g/mol. The van der Waals surface area contributed by atoms with E-state index in [4.69, 9.17) is 4.52 Å². The Morgan fingerprint density at radius 2 is 2.11 bits per heavy atom. The Kier molecular flexibility index (Phi) is 3.66. The number of rotatable bonds is 2. The lowest BCUT2D eigenvalue weighted by Gasteiger charge is -2.22. The molecule has 18 heavy (non-hydrogen) atoms. The van der Waals surface area contributed by atoms with E-state index in [0.717, 1.165) is 25.7 Å². The minimum Gasteiger partial charge on any atom is -0.360 e. The molecule has 5 nitrogen and oxygen atoms in total. The Bertz CT molecular complexity index is 465. The Labute approximate surface area is 106 Å². The molecule has 0 atom stereocenters. The summed E-state index contributed by atoms with van der Waals surface area (Å²) in [6.07, 6.45) is 5.32. The predicted octanol–water partition coefficient (Wildman–Crippen LogP) is 2.79. The Morgan fingerprint density at radius 1 is 1.44 bits per heavy atom. The first-order valence-electron chi connectivity index (χ1n) is 6.32. The van der Waals surface area contributed by atoms with E-state index in [-0.39, 0.29) is 5.91 Å². The summed E-state index contributed by atoms with van der Waals surface area (Å²) in [4.78, 5) is 12.3. The van der Waals surface area contributed by atoms with E-state index in [9.17, 15) is 10.1 Å². The van der Waals surface area contributed by atoms with Crippen molar-refractivity contribution < 1.29 is 9.32 Å². The summed E-state index contributed by atoms with van der Waals surface area (Å²) in [6.45, 7) is 1.76. The highest BCUT2D eigenvalue weighted by Gasteiger charge is 2.39. The lowest BCUT2D eigenvalue weighted by Crippen LogP contribution is -2.34. The van der Waals surface area contributed by atoms with E-state index >= 15 is 0 Å². The van der Waals surface area contributed by atoms with Crippen LogP contribution < -0.4 is 5.32 Å². The van der Waals surface area contributed by atoms with Crippen LogP contribution in [0, 0.1) is 23.7 Å². The average molecular weight is 247 g/mol. The van der Waals surface area contributed by atoms with Gasteiger partial charge in [0.05, 0.1) is 6.07 Å². The van der Waals surface area contributed by atoms with Crippen LogP contribution in [0.2, 0.25) is 0 Å². The van der Waals surface area contributed by atoms with E-state index in [2.05, 4.69) is 16.5 Å². The van der Waals surface area contributed by atoms with Gasteiger partial charge in [-0.3, -0.25) is 4.79 Å². The SMILES string of the molecule is Cc1cc(NC(=O)C2(C#N)CCCCCC2)no1. The van der Waals surface area contributed by atoms with Crippen LogP contribution in [0.15, 0.2) is 10.6 Å². The first-order chi connectivity index (χ1) is 8.66. The first-order valence-corrected chi connectivity index (χ1v) is 6.32. The summed E-state index contributed by atoms with van der Waals surface area (Å²) in [5.41, 5.74) is -0.899. The zero-order chi connectivity index (χ0) is 13.0. The number of nitrogens with one attached hydrogen (secondary N) is 1. The molecule has 1 fully saturated rings. The summed E-state index contributed by atoms with van der Waals surface area (Å²) in [7, 11) is 0. The maximum atomic E-state index is 12.3. The molecule has 1 aliphatic rings. The summed E-state index contributed by atoms with van der Waals surface area (Å²) in [6, 6.07) is 3.87. The fraction of sp³-hybridized carbons (Fsp3) is 0.615. The van der Waals surface area contributed by atoms with Crippen LogP contribution >= 0.6 is 0 Å². The highest BCUT2D eigenvalue weighted by atomic mass is 16.5. The van der Waals surface area contributed by atoms with Crippen LogP contribution in [-0.2, 0) is 4.79 Å². The van der Waals surface area contributed by atoms with Crippen molar-refractivity contribution in [3.05, 3.63) is 11.8 Å². The molecule has 0 aliphatic heterocycles. The smallest absolute Gasteiger partial charge is 0.246 e. The summed E-state index contributed by atoms with van der Waals surface area (Å²) < 4.78 is 4.90. The second-order valence-corrected chi connectivity index (χ2v) is 4.89. The minimum absolute atomic E-state index is 0.250. The third kappa shape index (κ3) is 2.53. The van der Waals surface area contributed by atoms with Gasteiger partial charge in [0.2, 0.25) is 5.91 Å². The van der Waals surface area contributed by atoms with E-state index in [0.29, 0.717) is 24.4 Å². The number of amides is 1. The molecule has 1 aliphatic carbocycles. The molecule has 1 N–H and O–H groups in total. The fourth-order valence-electron chi connectivity index (χ4n) is 2.38. The fourth-order valence-corrected chi connectivity index (χ4v) is 2.38. The van der Waals surface area contributed by atoms with Gasteiger partial charge in [0.1, 0.15) is 11.2 Å². The van der Waals surface area contributed by atoms with Gasteiger partial charge in [-0.05, 0) is 19.8 Å². The molecular formula is C13H17N3O2. The molecule has 0 radical (unpaired) electrons. The normalized spacial score (nSPS) is 18.7. The van der Waals surface area contributed by atoms with Crippen LogP contribution in [0.4, 0.5) is 5.82 Å². The van der Waals surface area contributed by atoms with E-state index in [1.165, 1.54) is 0 Å². The molecule has 0 bridgehead atoms. The number of nitrogens with zero attached hydrogens (tertiary/aromatic N) is 2. The zero-order valence-corrected chi connectivity index (χ0v) is 10.5. The van der Waals surface area contributed by atoms with Gasteiger partial charge < -0.3 is 9.84 Å². The van der Waals surface area contributed by atoms with Crippen molar-refractivity contribution in [1.82, 2.24) is 5.16 Å². The molecule has 1 saturated carbocycles. The highest BCUT2D eigenvalue weighted by Crippen LogP contribution is 2.35. The Balaban J connectivity index is 2.12. The third-order valence-corrected chi connectivity index (χ3v) is 3.48. The molecule has 0 unspecified atom stereocenters. The molecule has 1 aromatic heterocycles. The second kappa shape index (κ2) is 5.21. The van der Waals surface area contributed by atoms with Crippen LogP contribution in [0.5, 0.6) is 0 Å². The van der Waals surface area contributed by atoms with Crippen LogP contribution in [0.25, 0.3) is 0 Å². The standard InChI is InChI=1S/C13H17N3O2/c1-10-8-11(16-18-10)15-12(17)13(9-14)6-4-2-3-5-7-13/h8H,2-7H2,1H3,(H,15,16,17). The molecule has 2 rings (SSSR count). The Hall–Kier alpha value is -1.83. The van der Waals surface area contributed by atoms with Crippen LogP contribution in [0.1, 0.15) is 44.3 Å². The first kappa shape index (κ1) is 12.6. The second-order valence-electron chi connectivity index (χ2n) is 4.89. The number of carbonyl (C=O) groups excluding carboxylic acids is 1. The van der Waals surface area contributed by atoms with Crippen LogP contribution in [0.3, 0.4) is 0 Å². The summed E-state index contributed by atoms with van der Waals surface area (Å²) in [5.74, 6) is 0.772. The van der Waals surface area contributed by atoms with E-state index < -0.39 is 5.41 Å². The van der Waals surface area contributed by atoms with Gasteiger partial charge in [-0.2, -0.15) is 5.26 Å². The van der Waals surface area contributed by atoms with E-state index in [1.807, 2.05) is 0 Å². The lowest BCUT2D eigenvalue weighted by atomic mass is 9.81. The predicted molar refractivity (Wildman–Crippen MR) is 65.6 cm³/mol. The van der Waals surface area contributed by atoms with E-state index in [1.54, 1.807) is 13.0 Å². The third-order valence-electron chi connectivity index (χ3n) is 3.48. The molecule has 0 saturated heterocycles. The molecule has 0 aromatic carbocycles. The average Bonchev–Trinajstić information content (AvgIpc) is 2.65. The molecule has 1 heterocycles. The lowest BCUT2D eigenvalue weighted by molar-refractivity contribution is -0.123. The van der Waals surface area contributed by atoms with Crippen molar-refractivity contribution in [2.45, 2.75) is 45.4 Å². The van der Waals surface area contributed by atoms with Gasteiger partial charge in [-0.1, -0.05) is 30.8 Å². The van der Waals surface area contributed by atoms with Crippen molar-refractivity contribution in [3.63, 3.8) is 0 Å². The Morgan fingerprint density at radius 3 is 2.61 bits per heavy atom.